The van der Waals surface area contributed by atoms with E-state index in [0.29, 0.717) is 38.4 Å². The highest BCUT2D eigenvalue weighted by molar-refractivity contribution is 7.20. The van der Waals surface area contributed by atoms with Crippen molar-refractivity contribution < 1.29 is 14.4 Å². The van der Waals surface area contributed by atoms with Crippen molar-refractivity contribution in [2.24, 2.45) is 0 Å². The zero-order valence-corrected chi connectivity index (χ0v) is 18.4. The number of hydrogen-bond donors (Lipinski definition) is 1. The Balaban J connectivity index is 1.46. The topological polar surface area (TPSA) is 97.2 Å². The van der Waals surface area contributed by atoms with Crippen LogP contribution in [0.5, 0.6) is 0 Å². The molecule has 4 aromatic rings. The summed E-state index contributed by atoms with van der Waals surface area (Å²) in [6, 6.07) is 13.7. The van der Waals surface area contributed by atoms with Gasteiger partial charge in [-0.15, -0.1) is 0 Å². The standard InChI is InChI=1S/C22H16ClN5O3S/c1-12-10-17(28(26-12)22-25-20-15(23)6-3-7-16(20)32-22)24-21(31)13-4-2-5-14(11-13)27-18(29)8-9-19(27)30/h2-7,10-11H,8-9H2,1H3,(H,24,31). The Bertz CT molecular complexity index is 1390. The van der Waals surface area contributed by atoms with E-state index < -0.39 is 5.91 Å². The van der Waals surface area contributed by atoms with E-state index in [1.165, 1.54) is 17.4 Å². The van der Waals surface area contributed by atoms with Crippen LogP contribution in [0.4, 0.5) is 11.5 Å². The minimum Gasteiger partial charge on any atom is -0.306 e. The molecule has 2 aromatic heterocycles. The molecule has 10 heteroatoms. The Labute approximate surface area is 191 Å². The number of para-hydroxylation sites is 1. The van der Waals surface area contributed by atoms with Gasteiger partial charge in [-0.25, -0.2) is 4.98 Å². The van der Waals surface area contributed by atoms with Crippen LogP contribution in [-0.2, 0) is 9.59 Å². The fourth-order valence-corrected chi connectivity index (χ4v) is 4.80. The fraction of sp³-hybridized carbons (Fsp3) is 0.136. The Morgan fingerprint density at radius 1 is 1.09 bits per heavy atom. The molecular formula is C22H16ClN5O3S. The van der Waals surface area contributed by atoms with E-state index in [4.69, 9.17) is 11.6 Å². The quantitative estimate of drug-likeness (QED) is 0.452. The maximum atomic E-state index is 13.0. The zero-order valence-electron chi connectivity index (χ0n) is 16.8. The SMILES string of the molecule is Cc1cc(NC(=O)c2cccc(N3C(=O)CCC3=O)c2)n(-c2nc3c(Cl)cccc3s2)n1. The number of hydrogen-bond acceptors (Lipinski definition) is 6. The minimum absolute atomic E-state index is 0.180. The van der Waals surface area contributed by atoms with Crippen molar-refractivity contribution >= 4 is 62.4 Å². The Morgan fingerprint density at radius 3 is 2.59 bits per heavy atom. The van der Waals surface area contributed by atoms with E-state index in [-0.39, 0.29) is 24.7 Å². The summed E-state index contributed by atoms with van der Waals surface area (Å²) in [5.41, 5.74) is 2.07. The van der Waals surface area contributed by atoms with Crippen molar-refractivity contribution in [1.82, 2.24) is 14.8 Å². The van der Waals surface area contributed by atoms with Crippen LogP contribution in [0.25, 0.3) is 15.3 Å². The number of thiazole rings is 1. The van der Waals surface area contributed by atoms with Crippen LogP contribution in [0.3, 0.4) is 0 Å². The predicted molar refractivity (Wildman–Crippen MR) is 123 cm³/mol. The summed E-state index contributed by atoms with van der Waals surface area (Å²) in [6.07, 6.45) is 0.361. The van der Waals surface area contributed by atoms with Crippen molar-refractivity contribution in [3.63, 3.8) is 0 Å². The highest BCUT2D eigenvalue weighted by Crippen LogP contribution is 2.31. The molecule has 0 radical (unpaired) electrons. The number of nitrogens with one attached hydrogen (secondary N) is 1. The lowest BCUT2D eigenvalue weighted by molar-refractivity contribution is -0.121. The van der Waals surface area contributed by atoms with Gasteiger partial charge < -0.3 is 5.32 Å². The number of aryl methyl sites for hydroxylation is 1. The smallest absolute Gasteiger partial charge is 0.256 e. The number of rotatable bonds is 4. The lowest BCUT2D eigenvalue weighted by Crippen LogP contribution is -2.28. The third-order valence-corrected chi connectivity index (χ3v) is 6.33. The van der Waals surface area contributed by atoms with Crippen LogP contribution in [-0.4, -0.2) is 32.5 Å². The van der Waals surface area contributed by atoms with Gasteiger partial charge >= 0.3 is 0 Å². The molecule has 0 saturated carbocycles. The monoisotopic (exact) mass is 465 g/mol. The summed E-state index contributed by atoms with van der Waals surface area (Å²) in [5, 5.41) is 8.43. The fourth-order valence-electron chi connectivity index (χ4n) is 3.57. The molecule has 0 atom stereocenters. The normalized spacial score (nSPS) is 13.9. The molecule has 2 aromatic carbocycles. The summed E-state index contributed by atoms with van der Waals surface area (Å²) < 4.78 is 2.47. The van der Waals surface area contributed by atoms with Gasteiger partial charge in [-0.05, 0) is 37.3 Å². The Kier molecular flexibility index (Phi) is 4.99. The molecule has 1 aliphatic heterocycles. The molecule has 0 spiro atoms. The van der Waals surface area contributed by atoms with Crippen molar-refractivity contribution in [1.29, 1.82) is 0 Å². The number of fused-ring (bicyclic) bond motifs is 1. The molecule has 160 valence electrons. The molecule has 3 heterocycles. The number of anilines is 2. The number of benzene rings is 2. The largest absolute Gasteiger partial charge is 0.306 e. The molecule has 1 saturated heterocycles. The summed E-state index contributed by atoms with van der Waals surface area (Å²) in [5.74, 6) is -0.487. The summed E-state index contributed by atoms with van der Waals surface area (Å²) in [4.78, 5) is 42.8. The van der Waals surface area contributed by atoms with Crippen LogP contribution < -0.4 is 10.2 Å². The van der Waals surface area contributed by atoms with Gasteiger partial charge in [0.1, 0.15) is 11.3 Å². The van der Waals surface area contributed by atoms with Crippen molar-refractivity contribution in [3.8, 4) is 5.13 Å². The second-order valence-corrected chi connectivity index (χ2v) is 8.71. The maximum absolute atomic E-state index is 13.0. The highest BCUT2D eigenvalue weighted by Gasteiger charge is 2.30. The van der Waals surface area contributed by atoms with Crippen LogP contribution in [0.1, 0.15) is 28.9 Å². The first kappa shape index (κ1) is 20.3. The van der Waals surface area contributed by atoms with Crippen LogP contribution >= 0.6 is 22.9 Å². The average molecular weight is 466 g/mol. The first-order chi connectivity index (χ1) is 15.4. The summed E-state index contributed by atoms with van der Waals surface area (Å²) in [6.45, 7) is 1.82. The van der Waals surface area contributed by atoms with Gasteiger partial charge in [-0.2, -0.15) is 9.78 Å². The number of nitrogens with zero attached hydrogens (tertiary/aromatic N) is 4. The molecule has 1 N–H and O–H groups in total. The Morgan fingerprint density at radius 2 is 1.84 bits per heavy atom. The first-order valence-electron chi connectivity index (χ1n) is 9.80. The number of aromatic nitrogens is 3. The lowest BCUT2D eigenvalue weighted by Gasteiger charge is -2.15. The molecule has 5 rings (SSSR count). The van der Waals surface area contributed by atoms with E-state index >= 15 is 0 Å². The summed E-state index contributed by atoms with van der Waals surface area (Å²) >= 11 is 7.66. The van der Waals surface area contributed by atoms with Gasteiger partial charge in [0.05, 0.1) is 21.1 Å². The number of imide groups is 1. The van der Waals surface area contributed by atoms with Gasteiger partial charge in [0.15, 0.2) is 0 Å². The average Bonchev–Trinajstić information content (AvgIpc) is 3.45. The third-order valence-electron chi connectivity index (χ3n) is 5.03. The second kappa shape index (κ2) is 7.85. The van der Waals surface area contributed by atoms with Gasteiger partial charge in [0, 0.05) is 24.5 Å². The molecule has 8 nitrogen and oxygen atoms in total. The number of halogens is 1. The first-order valence-corrected chi connectivity index (χ1v) is 11.0. The molecule has 0 bridgehead atoms. The van der Waals surface area contributed by atoms with E-state index in [9.17, 15) is 14.4 Å². The minimum atomic E-state index is -0.397. The summed E-state index contributed by atoms with van der Waals surface area (Å²) in [7, 11) is 0. The Hall–Kier alpha value is -3.56. The zero-order chi connectivity index (χ0) is 22.4. The molecular weight excluding hydrogens is 450 g/mol. The molecule has 0 aliphatic carbocycles. The number of carbonyl (C=O) groups excluding carboxylic acids is 3. The highest BCUT2D eigenvalue weighted by atomic mass is 35.5. The van der Waals surface area contributed by atoms with Crippen LogP contribution in [0, 0.1) is 6.92 Å². The van der Waals surface area contributed by atoms with Crippen molar-refractivity contribution in [2.75, 3.05) is 10.2 Å². The van der Waals surface area contributed by atoms with Gasteiger partial charge in [0.2, 0.25) is 16.9 Å². The van der Waals surface area contributed by atoms with Gasteiger partial charge in [-0.1, -0.05) is 35.1 Å². The number of amides is 3. The third kappa shape index (κ3) is 3.55. The van der Waals surface area contributed by atoms with Crippen LogP contribution in [0.15, 0.2) is 48.5 Å². The molecule has 3 amide bonds. The van der Waals surface area contributed by atoms with Crippen LogP contribution in [0.2, 0.25) is 5.02 Å². The molecule has 0 unspecified atom stereocenters. The van der Waals surface area contributed by atoms with Gasteiger partial charge in [0.25, 0.3) is 5.91 Å². The maximum Gasteiger partial charge on any atom is 0.256 e. The molecule has 1 aliphatic rings. The second-order valence-electron chi connectivity index (χ2n) is 7.29. The van der Waals surface area contributed by atoms with E-state index in [1.807, 2.05) is 19.1 Å². The lowest BCUT2D eigenvalue weighted by atomic mass is 10.1. The van der Waals surface area contributed by atoms with Crippen molar-refractivity contribution in [3.05, 3.63) is 64.8 Å². The van der Waals surface area contributed by atoms with E-state index in [0.717, 1.165) is 9.60 Å². The van der Waals surface area contributed by atoms with Crippen molar-refractivity contribution in [2.45, 2.75) is 19.8 Å². The predicted octanol–water partition coefficient (Wildman–Crippen LogP) is 4.35. The molecule has 32 heavy (non-hydrogen) atoms. The molecule has 1 fully saturated rings. The van der Waals surface area contributed by atoms with E-state index in [2.05, 4.69) is 15.4 Å². The number of carbonyl (C=O) groups is 3. The van der Waals surface area contributed by atoms with E-state index in [1.54, 1.807) is 35.0 Å². The van der Waals surface area contributed by atoms with Gasteiger partial charge in [-0.3, -0.25) is 19.3 Å².